The van der Waals surface area contributed by atoms with Crippen LogP contribution >= 0.6 is 11.6 Å². The third-order valence-electron chi connectivity index (χ3n) is 6.61. The van der Waals surface area contributed by atoms with Crippen molar-refractivity contribution in [2.45, 2.75) is 37.3 Å². The number of amides is 2. The molecule has 2 atom stereocenters. The molecule has 0 aliphatic carbocycles. The summed E-state index contributed by atoms with van der Waals surface area (Å²) >= 11 is 5.96. The number of hydrogen-bond donors (Lipinski definition) is 3. The molecule has 7 nitrogen and oxygen atoms in total. The summed E-state index contributed by atoms with van der Waals surface area (Å²) in [7, 11) is 1.32. The molecule has 0 saturated carbocycles. The van der Waals surface area contributed by atoms with Crippen LogP contribution in [-0.4, -0.2) is 53.2 Å². The Morgan fingerprint density at radius 2 is 1.82 bits per heavy atom. The molecule has 2 amide bonds. The normalized spacial score (nSPS) is 17.4. The van der Waals surface area contributed by atoms with Gasteiger partial charge in [0.05, 0.1) is 12.7 Å². The van der Waals surface area contributed by atoms with Crippen molar-refractivity contribution in [2.75, 3.05) is 20.2 Å². The molecular formula is C25H28ClN3O4. The smallest absolute Gasteiger partial charge is 0.329 e. The molecule has 8 heteroatoms. The van der Waals surface area contributed by atoms with Gasteiger partial charge in [0.2, 0.25) is 0 Å². The number of urea groups is 1. The number of ether oxygens (including phenoxy) is 1. The van der Waals surface area contributed by atoms with Crippen LogP contribution in [0.4, 0.5) is 4.79 Å². The van der Waals surface area contributed by atoms with Crippen LogP contribution in [0, 0.1) is 0 Å². The third-order valence-corrected chi connectivity index (χ3v) is 6.86. The minimum absolute atomic E-state index is 0.312. The average Bonchev–Trinajstić information content (AvgIpc) is 3.26. The maximum Gasteiger partial charge on any atom is 0.329 e. The zero-order chi connectivity index (χ0) is 23.6. The number of piperidine rings is 1. The lowest BCUT2D eigenvalue weighted by Gasteiger charge is -2.39. The fraction of sp³-hybridized carbons (Fsp3) is 0.360. The van der Waals surface area contributed by atoms with Gasteiger partial charge in [-0.15, -0.1) is 0 Å². The zero-order valence-electron chi connectivity index (χ0n) is 18.7. The van der Waals surface area contributed by atoms with E-state index in [2.05, 4.69) is 10.3 Å². The van der Waals surface area contributed by atoms with Gasteiger partial charge in [0.1, 0.15) is 6.04 Å². The predicted octanol–water partition coefficient (Wildman–Crippen LogP) is 4.16. The number of methoxy groups -OCH3 is 1. The van der Waals surface area contributed by atoms with E-state index in [-0.39, 0.29) is 11.9 Å². The van der Waals surface area contributed by atoms with Gasteiger partial charge in [-0.25, -0.2) is 9.59 Å². The lowest BCUT2D eigenvalue weighted by molar-refractivity contribution is -0.143. The van der Waals surface area contributed by atoms with Gasteiger partial charge in [-0.3, -0.25) is 0 Å². The molecule has 2 aromatic carbocycles. The Labute approximate surface area is 197 Å². The molecule has 1 saturated heterocycles. The van der Waals surface area contributed by atoms with E-state index >= 15 is 0 Å². The van der Waals surface area contributed by atoms with Crippen LogP contribution in [0.25, 0.3) is 10.9 Å². The van der Waals surface area contributed by atoms with E-state index in [0.717, 1.165) is 22.0 Å². The molecule has 0 unspecified atom stereocenters. The number of likely N-dealkylation sites (tertiary alicyclic amines) is 1. The maximum absolute atomic E-state index is 13.1. The van der Waals surface area contributed by atoms with E-state index in [0.29, 0.717) is 31.0 Å². The van der Waals surface area contributed by atoms with Gasteiger partial charge < -0.3 is 25.0 Å². The second-order valence-electron chi connectivity index (χ2n) is 8.55. The molecular weight excluding hydrogens is 442 g/mol. The molecule has 4 rings (SSSR count). The molecule has 33 heavy (non-hydrogen) atoms. The number of fused-ring (bicyclic) bond motifs is 1. The number of aromatic nitrogens is 1. The van der Waals surface area contributed by atoms with Crippen molar-refractivity contribution in [3.8, 4) is 0 Å². The Morgan fingerprint density at radius 3 is 2.48 bits per heavy atom. The van der Waals surface area contributed by atoms with Crippen LogP contribution in [0.3, 0.4) is 0 Å². The summed E-state index contributed by atoms with van der Waals surface area (Å²) in [6, 6.07) is 13.8. The molecule has 0 radical (unpaired) electrons. The van der Waals surface area contributed by atoms with Crippen LogP contribution < -0.4 is 5.32 Å². The number of H-pyrrole nitrogens is 1. The van der Waals surface area contributed by atoms with Gasteiger partial charge in [-0.2, -0.15) is 0 Å². The Bertz CT molecular complexity index is 1140. The molecule has 1 fully saturated rings. The number of benzene rings is 2. The summed E-state index contributed by atoms with van der Waals surface area (Å²) in [5.74, 6) is -0.816. The van der Waals surface area contributed by atoms with E-state index in [4.69, 9.17) is 16.3 Å². The first-order valence-corrected chi connectivity index (χ1v) is 11.4. The van der Waals surface area contributed by atoms with Gasteiger partial charge in [-0.1, -0.05) is 48.9 Å². The van der Waals surface area contributed by atoms with Gasteiger partial charge in [0.15, 0.2) is 0 Å². The van der Waals surface area contributed by atoms with E-state index in [1.54, 1.807) is 17.0 Å². The Morgan fingerprint density at radius 1 is 1.15 bits per heavy atom. The number of rotatable bonds is 5. The fourth-order valence-corrected chi connectivity index (χ4v) is 4.64. The summed E-state index contributed by atoms with van der Waals surface area (Å²) in [5.41, 5.74) is 1.66. The minimum atomic E-state index is -1.01. The minimum Gasteiger partial charge on any atom is -0.467 e. The summed E-state index contributed by atoms with van der Waals surface area (Å²) in [5, 5.41) is 15.5. The van der Waals surface area contributed by atoms with E-state index in [9.17, 15) is 14.7 Å². The highest BCUT2D eigenvalue weighted by Crippen LogP contribution is 2.34. The molecule has 174 valence electrons. The molecule has 0 bridgehead atoms. The topological polar surface area (TPSA) is 94.7 Å². The van der Waals surface area contributed by atoms with Gasteiger partial charge in [0, 0.05) is 41.1 Å². The molecule has 2 heterocycles. The number of nitrogens with one attached hydrogen (secondary N) is 2. The summed E-state index contributed by atoms with van der Waals surface area (Å²) in [4.78, 5) is 30.5. The number of para-hydroxylation sites is 1. The van der Waals surface area contributed by atoms with Crippen molar-refractivity contribution in [2.24, 2.45) is 0 Å². The Balaban J connectivity index is 1.46. The standard InChI is InChI=1S/C25H28ClN3O4/c1-16(20-15-27-21-6-4-3-5-19(20)21)22(23(30)33-2)28-24(31)29-13-11-25(32,12-14-29)17-7-9-18(26)10-8-17/h3-10,15-16,22,27,32H,11-14H2,1-2H3,(H,28,31)/t16-,22+/m0/s1. The van der Waals surface area contributed by atoms with Gasteiger partial charge in [0.25, 0.3) is 0 Å². The molecule has 1 aromatic heterocycles. The number of hydrogen-bond acceptors (Lipinski definition) is 4. The molecule has 1 aliphatic heterocycles. The highest BCUT2D eigenvalue weighted by atomic mass is 35.5. The lowest BCUT2D eigenvalue weighted by atomic mass is 9.84. The van der Waals surface area contributed by atoms with Crippen molar-refractivity contribution in [3.63, 3.8) is 0 Å². The van der Waals surface area contributed by atoms with E-state index < -0.39 is 17.6 Å². The van der Waals surface area contributed by atoms with Crippen LogP contribution in [-0.2, 0) is 15.1 Å². The number of carbonyl (C=O) groups excluding carboxylic acids is 2. The monoisotopic (exact) mass is 469 g/mol. The number of nitrogens with zero attached hydrogens (tertiary/aromatic N) is 1. The molecule has 3 aromatic rings. The highest BCUT2D eigenvalue weighted by Gasteiger charge is 2.37. The summed E-state index contributed by atoms with van der Waals surface area (Å²) in [6.07, 6.45) is 2.65. The van der Waals surface area contributed by atoms with Crippen molar-refractivity contribution < 1.29 is 19.4 Å². The number of carbonyl (C=O) groups is 2. The molecule has 1 aliphatic rings. The van der Waals surface area contributed by atoms with Crippen LogP contribution in [0.1, 0.15) is 36.8 Å². The van der Waals surface area contributed by atoms with Crippen molar-refractivity contribution >= 4 is 34.5 Å². The highest BCUT2D eigenvalue weighted by molar-refractivity contribution is 6.30. The number of halogens is 1. The Kier molecular flexibility index (Phi) is 6.63. The largest absolute Gasteiger partial charge is 0.467 e. The van der Waals surface area contributed by atoms with E-state index in [1.165, 1.54) is 7.11 Å². The number of aliphatic hydroxyl groups is 1. The first kappa shape index (κ1) is 23.1. The zero-order valence-corrected chi connectivity index (χ0v) is 19.4. The van der Waals surface area contributed by atoms with Crippen molar-refractivity contribution in [1.82, 2.24) is 15.2 Å². The number of esters is 1. The van der Waals surface area contributed by atoms with Crippen LogP contribution in [0.15, 0.2) is 54.7 Å². The van der Waals surface area contributed by atoms with E-state index in [1.807, 2.05) is 49.5 Å². The SMILES string of the molecule is COC(=O)[C@H](NC(=O)N1CCC(O)(c2ccc(Cl)cc2)CC1)[C@@H](C)c1c[nH]c2ccccc12. The first-order chi connectivity index (χ1) is 15.8. The second-order valence-corrected chi connectivity index (χ2v) is 8.99. The van der Waals surface area contributed by atoms with Crippen molar-refractivity contribution in [3.05, 3.63) is 70.9 Å². The Hall–Kier alpha value is -3.03. The van der Waals surface area contributed by atoms with Crippen LogP contribution in [0.5, 0.6) is 0 Å². The lowest BCUT2D eigenvalue weighted by Crippen LogP contribution is -2.53. The first-order valence-electron chi connectivity index (χ1n) is 11.0. The van der Waals surface area contributed by atoms with Gasteiger partial charge in [-0.05, 0) is 42.2 Å². The molecule has 0 spiro atoms. The summed E-state index contributed by atoms with van der Waals surface area (Å²) in [6.45, 7) is 2.62. The third kappa shape index (κ3) is 4.70. The van der Waals surface area contributed by atoms with Crippen LogP contribution in [0.2, 0.25) is 5.02 Å². The fourth-order valence-electron chi connectivity index (χ4n) is 4.52. The maximum atomic E-state index is 13.1. The average molecular weight is 470 g/mol. The molecule has 3 N–H and O–H groups in total. The second kappa shape index (κ2) is 9.45. The van der Waals surface area contributed by atoms with Crippen molar-refractivity contribution in [1.29, 1.82) is 0 Å². The predicted molar refractivity (Wildman–Crippen MR) is 127 cm³/mol. The number of aromatic amines is 1. The summed E-state index contributed by atoms with van der Waals surface area (Å²) < 4.78 is 5.00. The quantitative estimate of drug-likeness (QED) is 0.489. The van der Waals surface area contributed by atoms with Gasteiger partial charge >= 0.3 is 12.0 Å².